The third-order valence-corrected chi connectivity index (χ3v) is 3.87. The van der Waals surface area contributed by atoms with E-state index in [1.54, 1.807) is 4.90 Å². The molecule has 1 aliphatic heterocycles. The maximum atomic E-state index is 12.2. The van der Waals surface area contributed by atoms with E-state index in [1.807, 2.05) is 56.0 Å². The standard InChI is InChI=1S/C18H24N4O3/c1-18(2,3)24-17(23)22-11-7-10-21(12-13-22)16-19-15(25-20-16)14-8-5-4-6-9-14/h4-6,8-9H,7,10-13H2,1-3H3. The fraction of sp³-hybridized carbons (Fsp3) is 0.500. The van der Waals surface area contributed by atoms with Crippen LogP contribution >= 0.6 is 0 Å². The SMILES string of the molecule is CC(C)(C)OC(=O)N1CCCN(c2noc(-c3ccccc3)n2)CC1. The van der Waals surface area contributed by atoms with Crippen LogP contribution in [0.1, 0.15) is 27.2 Å². The minimum absolute atomic E-state index is 0.271. The van der Waals surface area contributed by atoms with Crippen LogP contribution in [-0.2, 0) is 4.74 Å². The summed E-state index contributed by atoms with van der Waals surface area (Å²) in [5.41, 5.74) is 0.410. The molecule has 0 unspecified atom stereocenters. The summed E-state index contributed by atoms with van der Waals surface area (Å²) in [5, 5.41) is 4.09. The quantitative estimate of drug-likeness (QED) is 0.833. The highest BCUT2D eigenvalue weighted by atomic mass is 16.6. The highest BCUT2D eigenvalue weighted by Gasteiger charge is 2.25. The summed E-state index contributed by atoms with van der Waals surface area (Å²) in [7, 11) is 0. The smallest absolute Gasteiger partial charge is 0.410 e. The molecule has 0 radical (unpaired) electrons. The number of carbonyl (C=O) groups is 1. The van der Waals surface area contributed by atoms with Crippen molar-refractivity contribution < 1.29 is 14.1 Å². The third kappa shape index (κ3) is 4.49. The van der Waals surface area contributed by atoms with Gasteiger partial charge in [0.15, 0.2) is 0 Å². The van der Waals surface area contributed by atoms with Crippen molar-refractivity contribution in [2.75, 3.05) is 31.1 Å². The van der Waals surface area contributed by atoms with Gasteiger partial charge in [-0.3, -0.25) is 0 Å². The number of aromatic nitrogens is 2. The number of hydrogen-bond acceptors (Lipinski definition) is 6. The molecule has 1 saturated heterocycles. The van der Waals surface area contributed by atoms with Crippen LogP contribution in [0.4, 0.5) is 10.7 Å². The zero-order valence-electron chi connectivity index (χ0n) is 14.9. The zero-order valence-corrected chi connectivity index (χ0v) is 14.9. The summed E-state index contributed by atoms with van der Waals surface area (Å²) in [6.45, 7) is 8.28. The lowest BCUT2D eigenvalue weighted by Gasteiger charge is -2.26. The normalized spacial score (nSPS) is 15.8. The van der Waals surface area contributed by atoms with Crippen molar-refractivity contribution in [2.45, 2.75) is 32.8 Å². The van der Waals surface area contributed by atoms with E-state index in [-0.39, 0.29) is 6.09 Å². The first-order valence-electron chi connectivity index (χ1n) is 8.54. The van der Waals surface area contributed by atoms with Crippen LogP contribution in [0.5, 0.6) is 0 Å². The van der Waals surface area contributed by atoms with Crippen molar-refractivity contribution in [2.24, 2.45) is 0 Å². The first kappa shape index (κ1) is 17.3. The number of anilines is 1. The van der Waals surface area contributed by atoms with Gasteiger partial charge in [0.25, 0.3) is 11.8 Å². The van der Waals surface area contributed by atoms with E-state index in [4.69, 9.17) is 9.26 Å². The lowest BCUT2D eigenvalue weighted by molar-refractivity contribution is 0.0263. The number of carbonyl (C=O) groups excluding carboxylic acids is 1. The van der Waals surface area contributed by atoms with Crippen molar-refractivity contribution in [1.82, 2.24) is 15.0 Å². The van der Waals surface area contributed by atoms with Gasteiger partial charge >= 0.3 is 6.09 Å². The van der Waals surface area contributed by atoms with Gasteiger partial charge in [0.2, 0.25) is 0 Å². The molecule has 2 heterocycles. The van der Waals surface area contributed by atoms with Crippen LogP contribution in [0.25, 0.3) is 11.5 Å². The molecule has 1 aromatic heterocycles. The molecule has 1 amide bonds. The molecule has 1 aromatic carbocycles. The van der Waals surface area contributed by atoms with E-state index in [9.17, 15) is 4.79 Å². The Bertz CT molecular complexity index is 709. The first-order chi connectivity index (χ1) is 11.9. The third-order valence-electron chi connectivity index (χ3n) is 3.87. The predicted octanol–water partition coefficient (Wildman–Crippen LogP) is 3.18. The Morgan fingerprint density at radius 3 is 2.60 bits per heavy atom. The van der Waals surface area contributed by atoms with Gasteiger partial charge in [-0.15, -0.1) is 0 Å². The van der Waals surface area contributed by atoms with Gasteiger partial charge in [0.05, 0.1) is 0 Å². The lowest BCUT2D eigenvalue weighted by Crippen LogP contribution is -2.39. The molecule has 1 aliphatic rings. The zero-order chi connectivity index (χ0) is 17.9. The van der Waals surface area contributed by atoms with E-state index in [0.29, 0.717) is 31.5 Å². The second-order valence-corrected chi connectivity index (χ2v) is 7.07. The molecule has 25 heavy (non-hydrogen) atoms. The minimum atomic E-state index is -0.485. The maximum Gasteiger partial charge on any atom is 0.410 e. The van der Waals surface area contributed by atoms with Crippen LogP contribution in [-0.4, -0.2) is 52.9 Å². The molecule has 1 fully saturated rings. The average Bonchev–Trinajstić information content (AvgIpc) is 2.92. The van der Waals surface area contributed by atoms with Gasteiger partial charge in [-0.2, -0.15) is 4.98 Å². The summed E-state index contributed by atoms with van der Waals surface area (Å²) >= 11 is 0. The summed E-state index contributed by atoms with van der Waals surface area (Å²) in [6, 6.07) is 9.68. The van der Waals surface area contributed by atoms with Crippen LogP contribution in [0.2, 0.25) is 0 Å². The fourth-order valence-corrected chi connectivity index (χ4v) is 2.67. The average molecular weight is 344 g/mol. The molecular weight excluding hydrogens is 320 g/mol. The second-order valence-electron chi connectivity index (χ2n) is 7.07. The summed E-state index contributed by atoms with van der Waals surface area (Å²) < 4.78 is 10.8. The Kier molecular flexibility index (Phi) is 4.92. The van der Waals surface area contributed by atoms with Crippen molar-refractivity contribution in [3.8, 4) is 11.5 Å². The van der Waals surface area contributed by atoms with Crippen molar-refractivity contribution >= 4 is 12.0 Å². The van der Waals surface area contributed by atoms with E-state index >= 15 is 0 Å². The van der Waals surface area contributed by atoms with E-state index in [2.05, 4.69) is 10.1 Å². The number of hydrogen-bond donors (Lipinski definition) is 0. The molecule has 3 rings (SSSR count). The molecule has 0 N–H and O–H groups in total. The number of benzene rings is 1. The van der Waals surface area contributed by atoms with Crippen molar-refractivity contribution in [3.63, 3.8) is 0 Å². The minimum Gasteiger partial charge on any atom is -0.444 e. The molecule has 0 spiro atoms. The Hall–Kier alpha value is -2.57. The number of nitrogens with zero attached hydrogens (tertiary/aromatic N) is 4. The highest BCUT2D eigenvalue weighted by Crippen LogP contribution is 2.21. The largest absolute Gasteiger partial charge is 0.444 e. The summed E-state index contributed by atoms with van der Waals surface area (Å²) in [6.07, 6.45) is 0.557. The molecular formula is C18H24N4O3. The van der Waals surface area contributed by atoms with E-state index < -0.39 is 5.60 Å². The predicted molar refractivity (Wildman–Crippen MR) is 94.4 cm³/mol. The Balaban J connectivity index is 1.64. The number of rotatable bonds is 2. The van der Waals surface area contributed by atoms with Crippen molar-refractivity contribution in [3.05, 3.63) is 30.3 Å². The summed E-state index contributed by atoms with van der Waals surface area (Å²) in [5.74, 6) is 1.06. The molecule has 134 valence electrons. The Labute approximate surface area is 147 Å². The van der Waals surface area contributed by atoms with Gasteiger partial charge in [0, 0.05) is 31.7 Å². The van der Waals surface area contributed by atoms with Crippen LogP contribution in [0, 0.1) is 0 Å². The maximum absolute atomic E-state index is 12.2. The molecule has 2 aromatic rings. The number of ether oxygens (including phenoxy) is 1. The van der Waals surface area contributed by atoms with E-state index in [0.717, 1.165) is 18.5 Å². The van der Waals surface area contributed by atoms with Crippen LogP contribution < -0.4 is 4.90 Å². The second kappa shape index (κ2) is 7.13. The lowest BCUT2D eigenvalue weighted by atomic mass is 10.2. The molecule has 0 atom stereocenters. The van der Waals surface area contributed by atoms with Gasteiger partial charge < -0.3 is 19.1 Å². The number of amides is 1. The first-order valence-corrected chi connectivity index (χ1v) is 8.54. The van der Waals surface area contributed by atoms with Gasteiger partial charge in [0.1, 0.15) is 5.60 Å². The summed E-state index contributed by atoms with van der Waals surface area (Å²) in [4.78, 5) is 20.5. The van der Waals surface area contributed by atoms with Crippen LogP contribution in [0.3, 0.4) is 0 Å². The highest BCUT2D eigenvalue weighted by molar-refractivity contribution is 5.68. The monoisotopic (exact) mass is 344 g/mol. The Morgan fingerprint density at radius 2 is 1.88 bits per heavy atom. The molecule has 0 aliphatic carbocycles. The van der Waals surface area contributed by atoms with Gasteiger partial charge in [-0.25, -0.2) is 4.79 Å². The van der Waals surface area contributed by atoms with Crippen molar-refractivity contribution in [1.29, 1.82) is 0 Å². The Morgan fingerprint density at radius 1 is 1.12 bits per heavy atom. The molecule has 0 saturated carbocycles. The van der Waals surface area contributed by atoms with Gasteiger partial charge in [-0.05, 0) is 44.5 Å². The van der Waals surface area contributed by atoms with Gasteiger partial charge in [-0.1, -0.05) is 18.2 Å². The molecule has 7 heteroatoms. The topological polar surface area (TPSA) is 71.7 Å². The molecule has 0 bridgehead atoms. The fourth-order valence-electron chi connectivity index (χ4n) is 2.67. The molecule has 7 nitrogen and oxygen atoms in total. The van der Waals surface area contributed by atoms with E-state index in [1.165, 1.54) is 0 Å². The van der Waals surface area contributed by atoms with Crippen LogP contribution in [0.15, 0.2) is 34.9 Å².